The van der Waals surface area contributed by atoms with Gasteiger partial charge in [0.25, 0.3) is 0 Å². The summed E-state index contributed by atoms with van der Waals surface area (Å²) < 4.78 is 12.9. The molecule has 1 aliphatic heterocycles. The maximum atomic E-state index is 12.8. The Kier molecular flexibility index (Phi) is 6.53. The molecule has 1 saturated heterocycles. The van der Waals surface area contributed by atoms with E-state index in [4.69, 9.17) is 14.6 Å². The normalized spacial score (nSPS) is 16.6. The number of amides is 2. The Morgan fingerprint density at radius 3 is 2.86 bits per heavy atom. The molecule has 1 atom stereocenters. The van der Waals surface area contributed by atoms with Crippen LogP contribution in [0.2, 0.25) is 0 Å². The molecule has 0 saturated carbocycles. The lowest BCUT2D eigenvalue weighted by Crippen LogP contribution is -2.47. The fourth-order valence-electron chi connectivity index (χ4n) is 3.67. The predicted octanol–water partition coefficient (Wildman–Crippen LogP) is 1.92. The zero-order chi connectivity index (χ0) is 21.0. The standard InChI is InChI=1S/C21H28N4O4/c1-5-19(26)22-12-20(27)24-9-10-29-13-18(24)21-14(2)23-25(15(21)3)16-7-6-8-17(11-16)28-4/h6-8,11,18H,5,9-10,12-13H2,1-4H3,(H,22,26)/t18-/m1/s1. The summed E-state index contributed by atoms with van der Waals surface area (Å²) in [6.45, 7) is 7.04. The molecule has 29 heavy (non-hydrogen) atoms. The summed E-state index contributed by atoms with van der Waals surface area (Å²) in [6, 6.07) is 7.45. The van der Waals surface area contributed by atoms with Crippen LogP contribution in [-0.4, -0.2) is 59.9 Å². The van der Waals surface area contributed by atoms with Crippen molar-refractivity contribution < 1.29 is 19.1 Å². The molecular formula is C21H28N4O4. The Morgan fingerprint density at radius 1 is 1.34 bits per heavy atom. The zero-order valence-corrected chi connectivity index (χ0v) is 17.4. The highest BCUT2D eigenvalue weighted by Gasteiger charge is 2.32. The number of ether oxygens (including phenoxy) is 2. The Morgan fingerprint density at radius 2 is 2.14 bits per heavy atom. The van der Waals surface area contributed by atoms with Crippen molar-refractivity contribution in [3.05, 3.63) is 41.2 Å². The molecule has 0 radical (unpaired) electrons. The van der Waals surface area contributed by atoms with Gasteiger partial charge in [0.2, 0.25) is 11.8 Å². The van der Waals surface area contributed by atoms with Gasteiger partial charge in [-0.05, 0) is 26.0 Å². The fraction of sp³-hybridized carbons (Fsp3) is 0.476. The molecule has 1 aromatic heterocycles. The van der Waals surface area contributed by atoms with E-state index in [9.17, 15) is 9.59 Å². The van der Waals surface area contributed by atoms with Crippen molar-refractivity contribution in [3.8, 4) is 11.4 Å². The first kappa shape index (κ1) is 20.9. The largest absolute Gasteiger partial charge is 0.497 e. The molecule has 8 heteroatoms. The smallest absolute Gasteiger partial charge is 0.242 e. The molecule has 2 amide bonds. The third-order valence-electron chi connectivity index (χ3n) is 5.19. The summed E-state index contributed by atoms with van der Waals surface area (Å²) in [7, 11) is 1.63. The SMILES string of the molecule is CCC(=O)NCC(=O)N1CCOC[C@@H]1c1c(C)nn(-c2cccc(OC)c2)c1C. The molecule has 0 aliphatic carbocycles. The summed E-state index contributed by atoms with van der Waals surface area (Å²) in [5.74, 6) is 0.496. The molecule has 2 aromatic rings. The average Bonchev–Trinajstić information content (AvgIpc) is 3.05. The highest BCUT2D eigenvalue weighted by molar-refractivity contribution is 5.85. The third kappa shape index (κ3) is 4.42. The van der Waals surface area contributed by atoms with Crippen molar-refractivity contribution in [2.75, 3.05) is 33.4 Å². The molecule has 0 unspecified atom stereocenters. The Balaban J connectivity index is 1.90. The summed E-state index contributed by atoms with van der Waals surface area (Å²) >= 11 is 0. The lowest BCUT2D eigenvalue weighted by atomic mass is 10.0. The maximum absolute atomic E-state index is 12.8. The molecular weight excluding hydrogens is 372 g/mol. The molecule has 2 heterocycles. The quantitative estimate of drug-likeness (QED) is 0.801. The molecule has 0 bridgehead atoms. The van der Waals surface area contributed by atoms with Crippen molar-refractivity contribution >= 4 is 11.8 Å². The predicted molar refractivity (Wildman–Crippen MR) is 108 cm³/mol. The van der Waals surface area contributed by atoms with E-state index in [0.717, 1.165) is 28.4 Å². The van der Waals surface area contributed by atoms with Gasteiger partial charge in [0.1, 0.15) is 5.75 Å². The molecule has 1 fully saturated rings. The average molecular weight is 400 g/mol. The number of morpholine rings is 1. The molecule has 3 rings (SSSR count). The minimum atomic E-state index is -0.242. The minimum Gasteiger partial charge on any atom is -0.497 e. The van der Waals surface area contributed by atoms with Crippen molar-refractivity contribution in [2.45, 2.75) is 33.2 Å². The minimum absolute atomic E-state index is 0.00864. The summed E-state index contributed by atoms with van der Waals surface area (Å²) in [4.78, 5) is 26.1. The van der Waals surface area contributed by atoms with Gasteiger partial charge < -0.3 is 19.7 Å². The summed E-state index contributed by atoms with van der Waals surface area (Å²) in [5, 5.41) is 7.38. The van der Waals surface area contributed by atoms with E-state index < -0.39 is 0 Å². The van der Waals surface area contributed by atoms with Crippen molar-refractivity contribution in [2.24, 2.45) is 0 Å². The summed E-state index contributed by atoms with van der Waals surface area (Å²) in [5.41, 5.74) is 3.65. The van der Waals surface area contributed by atoms with Crippen molar-refractivity contribution in [1.29, 1.82) is 0 Å². The second-order valence-corrected chi connectivity index (χ2v) is 7.01. The van der Waals surface area contributed by atoms with Crippen molar-refractivity contribution in [3.63, 3.8) is 0 Å². The Hall–Kier alpha value is -2.87. The van der Waals surface area contributed by atoms with Crippen LogP contribution in [0.4, 0.5) is 0 Å². The van der Waals surface area contributed by atoms with Crippen molar-refractivity contribution in [1.82, 2.24) is 20.0 Å². The number of hydrogen-bond donors (Lipinski definition) is 1. The molecule has 1 N–H and O–H groups in total. The van der Waals surface area contributed by atoms with Gasteiger partial charge in [0.15, 0.2) is 0 Å². The van der Waals surface area contributed by atoms with Gasteiger partial charge in [-0.2, -0.15) is 5.10 Å². The van der Waals surface area contributed by atoms with Crippen LogP contribution in [0.25, 0.3) is 5.69 Å². The monoisotopic (exact) mass is 400 g/mol. The number of hydrogen-bond acceptors (Lipinski definition) is 5. The Labute approximate surface area is 170 Å². The van der Waals surface area contributed by atoms with Gasteiger partial charge in [-0.15, -0.1) is 0 Å². The molecule has 1 aromatic carbocycles. The van der Waals surface area contributed by atoms with Crippen LogP contribution in [0.5, 0.6) is 5.75 Å². The molecule has 156 valence electrons. The molecule has 8 nitrogen and oxygen atoms in total. The van der Waals surface area contributed by atoms with Crippen LogP contribution in [0, 0.1) is 13.8 Å². The second-order valence-electron chi connectivity index (χ2n) is 7.01. The van der Waals surface area contributed by atoms with Crippen LogP contribution in [0.15, 0.2) is 24.3 Å². The number of carbonyl (C=O) groups excluding carboxylic acids is 2. The lowest BCUT2D eigenvalue weighted by molar-refractivity contribution is -0.140. The first-order valence-electron chi connectivity index (χ1n) is 9.80. The van der Waals surface area contributed by atoms with Gasteiger partial charge >= 0.3 is 0 Å². The van der Waals surface area contributed by atoms with Gasteiger partial charge in [-0.1, -0.05) is 13.0 Å². The van der Waals surface area contributed by atoms with E-state index >= 15 is 0 Å². The van der Waals surface area contributed by atoms with E-state index in [2.05, 4.69) is 5.32 Å². The van der Waals surface area contributed by atoms with Crippen LogP contribution in [-0.2, 0) is 14.3 Å². The van der Waals surface area contributed by atoms with Crippen LogP contribution >= 0.6 is 0 Å². The van der Waals surface area contributed by atoms with Gasteiger partial charge in [0, 0.05) is 30.3 Å². The van der Waals surface area contributed by atoms with E-state index in [1.807, 2.05) is 42.8 Å². The number of nitrogens with one attached hydrogen (secondary N) is 1. The number of aryl methyl sites for hydroxylation is 1. The number of carbonyl (C=O) groups is 2. The highest BCUT2D eigenvalue weighted by atomic mass is 16.5. The van der Waals surface area contributed by atoms with Gasteiger partial charge in [-0.25, -0.2) is 4.68 Å². The fourth-order valence-corrected chi connectivity index (χ4v) is 3.67. The number of nitrogens with zero attached hydrogens (tertiary/aromatic N) is 3. The van der Waals surface area contributed by atoms with E-state index in [1.54, 1.807) is 18.9 Å². The number of benzene rings is 1. The molecule has 0 spiro atoms. The van der Waals surface area contributed by atoms with E-state index in [0.29, 0.717) is 26.2 Å². The molecule has 1 aliphatic rings. The first-order valence-corrected chi connectivity index (χ1v) is 9.80. The Bertz CT molecular complexity index is 893. The van der Waals surface area contributed by atoms with Gasteiger partial charge in [-0.3, -0.25) is 9.59 Å². The lowest BCUT2D eigenvalue weighted by Gasteiger charge is -2.36. The summed E-state index contributed by atoms with van der Waals surface area (Å²) in [6.07, 6.45) is 0.353. The topological polar surface area (TPSA) is 85.7 Å². The zero-order valence-electron chi connectivity index (χ0n) is 17.4. The first-order chi connectivity index (χ1) is 14.0. The maximum Gasteiger partial charge on any atom is 0.242 e. The number of rotatable bonds is 6. The van der Waals surface area contributed by atoms with E-state index in [1.165, 1.54) is 0 Å². The van der Waals surface area contributed by atoms with Crippen LogP contribution < -0.4 is 10.1 Å². The highest BCUT2D eigenvalue weighted by Crippen LogP contribution is 2.31. The van der Waals surface area contributed by atoms with Crippen LogP contribution in [0.3, 0.4) is 0 Å². The third-order valence-corrected chi connectivity index (χ3v) is 5.19. The second kappa shape index (κ2) is 9.09. The number of aromatic nitrogens is 2. The van der Waals surface area contributed by atoms with Gasteiger partial charge in [0.05, 0.1) is 44.3 Å². The van der Waals surface area contributed by atoms with Crippen LogP contribution in [0.1, 0.15) is 36.3 Å². The van der Waals surface area contributed by atoms with E-state index in [-0.39, 0.29) is 24.4 Å². The number of methoxy groups -OCH3 is 1.